The van der Waals surface area contributed by atoms with Crippen LogP contribution in [0.3, 0.4) is 0 Å². The Morgan fingerprint density at radius 1 is 1.61 bits per heavy atom. The molecular formula is C9H10N4O3S2. The van der Waals surface area contributed by atoms with Crippen LogP contribution in [0.15, 0.2) is 15.0 Å². The standard InChI is InChI=1S/C9H10N4O3S2/c1-5-2-10-6(16-5)3-11-8-12-13-9(18-8)17-4-7(14)15/h2H,3-4H2,1H3,(H,11,12)(H,14,15). The van der Waals surface area contributed by atoms with E-state index >= 15 is 0 Å². The number of carbonyl (C=O) groups is 1. The highest BCUT2D eigenvalue weighted by atomic mass is 32.2. The summed E-state index contributed by atoms with van der Waals surface area (Å²) < 4.78 is 5.91. The molecule has 0 aliphatic rings. The first-order valence-corrected chi connectivity index (χ1v) is 6.77. The largest absolute Gasteiger partial charge is 0.481 e. The van der Waals surface area contributed by atoms with Gasteiger partial charge in [-0.3, -0.25) is 4.79 Å². The number of thioether (sulfide) groups is 1. The number of carboxylic acids is 1. The molecule has 18 heavy (non-hydrogen) atoms. The minimum Gasteiger partial charge on any atom is -0.481 e. The summed E-state index contributed by atoms with van der Waals surface area (Å²) in [5, 5.41) is 19.9. The first-order valence-electron chi connectivity index (χ1n) is 4.97. The summed E-state index contributed by atoms with van der Waals surface area (Å²) in [6.45, 7) is 2.24. The maximum Gasteiger partial charge on any atom is 0.313 e. The van der Waals surface area contributed by atoms with E-state index in [0.29, 0.717) is 21.9 Å². The van der Waals surface area contributed by atoms with Crippen LogP contribution in [0, 0.1) is 6.92 Å². The van der Waals surface area contributed by atoms with Gasteiger partial charge in [0.05, 0.1) is 18.5 Å². The van der Waals surface area contributed by atoms with Gasteiger partial charge in [-0.05, 0) is 6.92 Å². The first kappa shape index (κ1) is 12.8. The van der Waals surface area contributed by atoms with Gasteiger partial charge >= 0.3 is 5.97 Å². The molecule has 2 rings (SSSR count). The Labute approximate surface area is 111 Å². The van der Waals surface area contributed by atoms with Gasteiger partial charge in [-0.1, -0.05) is 23.1 Å². The lowest BCUT2D eigenvalue weighted by molar-refractivity contribution is -0.133. The lowest BCUT2D eigenvalue weighted by atomic mass is 10.6. The van der Waals surface area contributed by atoms with Crippen LogP contribution < -0.4 is 5.32 Å². The van der Waals surface area contributed by atoms with Crippen LogP contribution in [-0.2, 0) is 11.3 Å². The third-order valence-corrected chi connectivity index (χ3v) is 3.78. The van der Waals surface area contributed by atoms with Crippen molar-refractivity contribution in [3.8, 4) is 0 Å². The molecule has 0 spiro atoms. The average Bonchev–Trinajstić information content (AvgIpc) is 2.93. The number of aliphatic carboxylic acids is 1. The van der Waals surface area contributed by atoms with Crippen molar-refractivity contribution in [2.45, 2.75) is 17.8 Å². The quantitative estimate of drug-likeness (QED) is 0.772. The van der Waals surface area contributed by atoms with Crippen molar-refractivity contribution in [2.75, 3.05) is 11.1 Å². The molecule has 9 heteroatoms. The van der Waals surface area contributed by atoms with Crippen LogP contribution in [0.5, 0.6) is 0 Å². The second-order valence-electron chi connectivity index (χ2n) is 3.27. The van der Waals surface area contributed by atoms with Crippen LogP contribution in [-0.4, -0.2) is 32.0 Å². The average molecular weight is 286 g/mol. The third kappa shape index (κ3) is 3.70. The number of anilines is 1. The van der Waals surface area contributed by atoms with Crippen LogP contribution in [0.2, 0.25) is 0 Å². The van der Waals surface area contributed by atoms with Crippen LogP contribution in [0.4, 0.5) is 5.13 Å². The highest BCUT2D eigenvalue weighted by Gasteiger charge is 2.08. The van der Waals surface area contributed by atoms with Gasteiger partial charge in [-0.25, -0.2) is 4.98 Å². The molecule has 0 aliphatic heterocycles. The Bertz CT molecular complexity index is 539. The fourth-order valence-electron chi connectivity index (χ4n) is 1.10. The number of nitrogens with zero attached hydrogens (tertiary/aromatic N) is 3. The molecule has 0 aromatic carbocycles. The van der Waals surface area contributed by atoms with Gasteiger partial charge in [-0.15, -0.1) is 10.2 Å². The Balaban J connectivity index is 1.84. The molecule has 2 aromatic rings. The fourth-order valence-corrected chi connectivity index (χ4v) is 2.57. The number of carboxylic acid groups (broad SMARTS) is 1. The zero-order chi connectivity index (χ0) is 13.0. The fraction of sp³-hybridized carbons (Fsp3) is 0.333. The molecule has 7 nitrogen and oxygen atoms in total. The van der Waals surface area contributed by atoms with Crippen molar-refractivity contribution in [3.05, 3.63) is 17.8 Å². The van der Waals surface area contributed by atoms with Crippen molar-refractivity contribution >= 4 is 34.2 Å². The van der Waals surface area contributed by atoms with E-state index in [2.05, 4.69) is 20.5 Å². The first-order chi connectivity index (χ1) is 8.63. The SMILES string of the molecule is Cc1cnc(CNc2nnc(SCC(=O)O)s2)o1. The van der Waals surface area contributed by atoms with Gasteiger partial charge < -0.3 is 14.8 Å². The normalized spacial score (nSPS) is 10.5. The number of hydrogen-bond acceptors (Lipinski definition) is 8. The van der Waals surface area contributed by atoms with E-state index in [1.165, 1.54) is 11.3 Å². The predicted octanol–water partition coefficient (Wildman–Crippen LogP) is 1.62. The Morgan fingerprint density at radius 2 is 2.44 bits per heavy atom. The number of rotatable bonds is 6. The summed E-state index contributed by atoms with van der Waals surface area (Å²) in [7, 11) is 0. The molecule has 2 aromatic heterocycles. The van der Waals surface area contributed by atoms with Crippen LogP contribution in [0.25, 0.3) is 0 Å². The highest BCUT2D eigenvalue weighted by molar-refractivity contribution is 8.01. The molecule has 0 aliphatic carbocycles. The lowest BCUT2D eigenvalue weighted by Crippen LogP contribution is -1.98. The molecule has 0 saturated carbocycles. The van der Waals surface area contributed by atoms with Crippen LogP contribution in [0.1, 0.15) is 11.7 Å². The van der Waals surface area contributed by atoms with E-state index in [0.717, 1.165) is 17.5 Å². The Hall–Kier alpha value is -1.61. The van der Waals surface area contributed by atoms with Gasteiger partial charge in [0.25, 0.3) is 0 Å². The molecular weight excluding hydrogens is 276 g/mol. The molecule has 2 N–H and O–H groups in total. The topological polar surface area (TPSA) is 101 Å². The van der Waals surface area contributed by atoms with Crippen molar-refractivity contribution in [3.63, 3.8) is 0 Å². The van der Waals surface area contributed by atoms with E-state index in [-0.39, 0.29) is 5.75 Å². The van der Waals surface area contributed by atoms with E-state index in [4.69, 9.17) is 9.52 Å². The molecule has 2 heterocycles. The molecule has 0 fully saturated rings. The minimum atomic E-state index is -0.875. The second-order valence-corrected chi connectivity index (χ2v) is 5.47. The molecule has 0 atom stereocenters. The summed E-state index contributed by atoms with van der Waals surface area (Å²) >= 11 is 2.44. The van der Waals surface area contributed by atoms with E-state index < -0.39 is 5.97 Å². The summed E-state index contributed by atoms with van der Waals surface area (Å²) in [6, 6.07) is 0. The lowest BCUT2D eigenvalue weighted by Gasteiger charge is -1.96. The molecule has 0 amide bonds. The Morgan fingerprint density at radius 3 is 3.11 bits per heavy atom. The van der Waals surface area contributed by atoms with E-state index in [9.17, 15) is 4.79 Å². The zero-order valence-electron chi connectivity index (χ0n) is 9.41. The number of oxazole rings is 1. The minimum absolute atomic E-state index is 0.0203. The second kappa shape index (κ2) is 5.83. The maximum absolute atomic E-state index is 10.4. The number of nitrogens with one attached hydrogen (secondary N) is 1. The van der Waals surface area contributed by atoms with E-state index in [1.807, 2.05) is 6.92 Å². The van der Waals surface area contributed by atoms with Crippen LogP contribution >= 0.6 is 23.1 Å². The molecule has 0 saturated heterocycles. The Kier molecular flexibility index (Phi) is 4.15. The number of hydrogen-bond donors (Lipinski definition) is 2. The maximum atomic E-state index is 10.4. The van der Waals surface area contributed by atoms with Gasteiger partial charge in [0, 0.05) is 0 Å². The van der Waals surface area contributed by atoms with Gasteiger partial charge in [0.2, 0.25) is 11.0 Å². The predicted molar refractivity (Wildman–Crippen MR) is 66.8 cm³/mol. The van der Waals surface area contributed by atoms with Gasteiger partial charge in [-0.2, -0.15) is 0 Å². The summed E-state index contributed by atoms with van der Waals surface area (Å²) in [5.41, 5.74) is 0. The van der Waals surface area contributed by atoms with Gasteiger partial charge in [0.15, 0.2) is 4.34 Å². The molecule has 0 bridgehead atoms. The monoisotopic (exact) mass is 286 g/mol. The summed E-state index contributed by atoms with van der Waals surface area (Å²) in [6.07, 6.45) is 1.64. The van der Waals surface area contributed by atoms with Crippen molar-refractivity contribution in [1.29, 1.82) is 0 Å². The van der Waals surface area contributed by atoms with Crippen molar-refractivity contribution in [1.82, 2.24) is 15.2 Å². The number of aryl methyl sites for hydroxylation is 1. The number of aromatic nitrogens is 3. The van der Waals surface area contributed by atoms with Crippen molar-refractivity contribution in [2.24, 2.45) is 0 Å². The van der Waals surface area contributed by atoms with E-state index in [1.54, 1.807) is 6.20 Å². The summed E-state index contributed by atoms with van der Waals surface area (Å²) in [4.78, 5) is 14.4. The summed E-state index contributed by atoms with van der Waals surface area (Å²) in [5.74, 6) is 0.428. The molecule has 96 valence electrons. The molecule has 0 radical (unpaired) electrons. The van der Waals surface area contributed by atoms with Gasteiger partial charge in [0.1, 0.15) is 5.76 Å². The highest BCUT2D eigenvalue weighted by Crippen LogP contribution is 2.25. The molecule has 0 unspecified atom stereocenters. The zero-order valence-corrected chi connectivity index (χ0v) is 11.0. The van der Waals surface area contributed by atoms with Crippen molar-refractivity contribution < 1.29 is 14.3 Å². The third-order valence-electron chi connectivity index (χ3n) is 1.79. The smallest absolute Gasteiger partial charge is 0.313 e.